The van der Waals surface area contributed by atoms with Crippen molar-refractivity contribution in [2.24, 2.45) is 0 Å². The highest BCUT2D eigenvalue weighted by Crippen LogP contribution is 2.39. The Bertz CT molecular complexity index is 1060. The fraction of sp³-hybridized carbons (Fsp3) is 0.167. The highest BCUT2D eigenvalue weighted by atomic mass is 19.1. The van der Waals surface area contributed by atoms with Crippen LogP contribution in [0.15, 0.2) is 48.8 Å². The molecule has 1 aliphatic rings. The average molecular weight is 334 g/mol. The summed E-state index contributed by atoms with van der Waals surface area (Å²) in [4.78, 5) is 8.90. The Labute approximate surface area is 142 Å². The van der Waals surface area contributed by atoms with Gasteiger partial charge >= 0.3 is 0 Å². The van der Waals surface area contributed by atoms with Crippen molar-refractivity contribution in [3.05, 3.63) is 60.3 Å². The molecule has 0 unspecified atom stereocenters. The van der Waals surface area contributed by atoms with Crippen LogP contribution in [-0.4, -0.2) is 24.6 Å². The van der Waals surface area contributed by atoms with Crippen molar-refractivity contribution in [2.45, 2.75) is 18.8 Å². The summed E-state index contributed by atoms with van der Waals surface area (Å²) in [6.07, 6.45) is 5.90. The molecule has 0 spiro atoms. The molecule has 1 aliphatic carbocycles. The van der Waals surface area contributed by atoms with Crippen LogP contribution >= 0.6 is 0 Å². The van der Waals surface area contributed by atoms with Gasteiger partial charge in [0.05, 0.1) is 5.69 Å². The molecule has 0 aliphatic heterocycles. The van der Waals surface area contributed by atoms with Crippen LogP contribution in [0.3, 0.4) is 0 Å². The zero-order valence-electron chi connectivity index (χ0n) is 13.3. The number of anilines is 2. The van der Waals surface area contributed by atoms with Crippen LogP contribution < -0.4 is 5.32 Å². The Morgan fingerprint density at radius 2 is 2.08 bits per heavy atom. The maximum absolute atomic E-state index is 14.2. The lowest BCUT2D eigenvalue weighted by Gasteiger charge is -2.09. The zero-order valence-corrected chi connectivity index (χ0v) is 13.3. The van der Waals surface area contributed by atoms with E-state index in [1.165, 1.54) is 18.9 Å². The predicted octanol–water partition coefficient (Wildman–Crippen LogP) is 3.88. The number of hydrogen-bond acceptors (Lipinski definition) is 4. The quantitative estimate of drug-likeness (QED) is 0.594. The second-order valence-corrected chi connectivity index (χ2v) is 6.21. The Hall–Kier alpha value is -3.22. The number of fused-ring (bicyclic) bond motifs is 1. The molecular weight excluding hydrogens is 319 g/mol. The van der Waals surface area contributed by atoms with E-state index < -0.39 is 0 Å². The third-order valence-corrected chi connectivity index (χ3v) is 4.39. The monoisotopic (exact) mass is 334 g/mol. The van der Waals surface area contributed by atoms with Crippen LogP contribution in [0.5, 0.6) is 0 Å². The maximum atomic E-state index is 14.2. The Kier molecular flexibility index (Phi) is 3.06. The molecular formula is C18H15FN6. The fourth-order valence-corrected chi connectivity index (χ4v) is 2.94. The molecule has 0 atom stereocenters. The molecule has 1 fully saturated rings. The summed E-state index contributed by atoms with van der Waals surface area (Å²) in [5.41, 5.74) is 2.79. The highest BCUT2D eigenvalue weighted by molar-refractivity contribution is 5.67. The van der Waals surface area contributed by atoms with E-state index in [2.05, 4.69) is 25.5 Å². The minimum atomic E-state index is -0.312. The number of hydrogen-bond donors (Lipinski definition) is 2. The minimum Gasteiger partial charge on any atom is -0.308 e. The summed E-state index contributed by atoms with van der Waals surface area (Å²) >= 11 is 0. The second kappa shape index (κ2) is 5.41. The summed E-state index contributed by atoms with van der Waals surface area (Å²) < 4.78 is 16.0. The first-order valence-electron chi connectivity index (χ1n) is 8.19. The minimum absolute atomic E-state index is 0.312. The van der Waals surface area contributed by atoms with Gasteiger partial charge in [-0.05, 0) is 25.0 Å². The molecule has 7 heteroatoms. The van der Waals surface area contributed by atoms with Crippen molar-refractivity contribution in [3.8, 4) is 11.3 Å². The number of aromatic amines is 1. The number of benzene rings is 1. The number of nitrogens with one attached hydrogen (secondary N) is 2. The van der Waals surface area contributed by atoms with Crippen molar-refractivity contribution in [1.29, 1.82) is 0 Å². The van der Waals surface area contributed by atoms with Gasteiger partial charge in [-0.1, -0.05) is 12.1 Å². The molecule has 3 aromatic heterocycles. The van der Waals surface area contributed by atoms with Gasteiger partial charge in [0.2, 0.25) is 5.95 Å². The van der Waals surface area contributed by atoms with Crippen LogP contribution in [0.2, 0.25) is 0 Å². The van der Waals surface area contributed by atoms with Gasteiger partial charge in [-0.2, -0.15) is 5.10 Å². The van der Waals surface area contributed by atoms with E-state index in [0.29, 0.717) is 34.6 Å². The van der Waals surface area contributed by atoms with Crippen LogP contribution in [0.1, 0.15) is 24.5 Å². The van der Waals surface area contributed by atoms with Gasteiger partial charge in [0.15, 0.2) is 5.82 Å². The lowest BCUT2D eigenvalue weighted by molar-refractivity contribution is 0.630. The van der Waals surface area contributed by atoms with Gasteiger partial charge in [0.1, 0.15) is 11.5 Å². The average Bonchev–Trinajstić information content (AvgIpc) is 3.17. The highest BCUT2D eigenvalue weighted by Gasteiger charge is 2.25. The Balaban J connectivity index is 1.58. The first-order valence-corrected chi connectivity index (χ1v) is 8.19. The van der Waals surface area contributed by atoms with Gasteiger partial charge in [0.25, 0.3) is 0 Å². The molecule has 5 rings (SSSR count). The van der Waals surface area contributed by atoms with Crippen molar-refractivity contribution in [2.75, 3.05) is 5.32 Å². The predicted molar refractivity (Wildman–Crippen MR) is 92.2 cm³/mol. The molecule has 1 saturated carbocycles. The van der Waals surface area contributed by atoms with Gasteiger partial charge in [-0.25, -0.2) is 14.4 Å². The first-order chi connectivity index (χ1) is 12.3. The van der Waals surface area contributed by atoms with E-state index >= 15 is 0 Å². The molecule has 3 heterocycles. The summed E-state index contributed by atoms with van der Waals surface area (Å²) in [6.45, 7) is 0. The largest absolute Gasteiger partial charge is 0.308 e. The molecule has 0 radical (unpaired) electrons. The summed E-state index contributed by atoms with van der Waals surface area (Å²) in [6, 6.07) is 10.4. The first kappa shape index (κ1) is 14.2. The molecule has 25 heavy (non-hydrogen) atoms. The Morgan fingerprint density at radius 3 is 2.92 bits per heavy atom. The fourth-order valence-electron chi connectivity index (χ4n) is 2.94. The molecule has 6 nitrogen and oxygen atoms in total. The van der Waals surface area contributed by atoms with E-state index in [-0.39, 0.29) is 5.82 Å². The van der Waals surface area contributed by atoms with Gasteiger partial charge in [0, 0.05) is 41.7 Å². The van der Waals surface area contributed by atoms with E-state index in [1.807, 2.05) is 16.7 Å². The normalized spacial score (nSPS) is 14.1. The van der Waals surface area contributed by atoms with Crippen LogP contribution in [0.4, 0.5) is 16.2 Å². The Morgan fingerprint density at radius 1 is 1.20 bits per heavy atom. The van der Waals surface area contributed by atoms with Crippen molar-refractivity contribution in [1.82, 2.24) is 24.6 Å². The molecule has 4 aromatic rings. The van der Waals surface area contributed by atoms with Crippen LogP contribution in [-0.2, 0) is 0 Å². The van der Waals surface area contributed by atoms with E-state index in [0.717, 1.165) is 5.69 Å². The molecule has 1 aromatic carbocycles. The topological polar surface area (TPSA) is 70.9 Å². The zero-order chi connectivity index (χ0) is 16.8. The number of halogens is 1. The third kappa shape index (κ3) is 2.53. The summed E-state index contributed by atoms with van der Waals surface area (Å²) in [7, 11) is 0. The van der Waals surface area contributed by atoms with Crippen molar-refractivity contribution < 1.29 is 4.39 Å². The molecule has 2 N–H and O–H groups in total. The third-order valence-electron chi connectivity index (χ3n) is 4.39. The number of nitrogens with zero attached hydrogens (tertiary/aromatic N) is 4. The molecule has 0 amide bonds. The van der Waals surface area contributed by atoms with Crippen molar-refractivity contribution >= 4 is 17.4 Å². The lowest BCUT2D eigenvalue weighted by atomic mass is 10.1. The second-order valence-electron chi connectivity index (χ2n) is 6.21. The number of imidazole rings is 1. The molecule has 124 valence electrons. The van der Waals surface area contributed by atoms with Gasteiger partial charge in [-0.3, -0.25) is 9.50 Å². The van der Waals surface area contributed by atoms with E-state index in [1.54, 1.807) is 30.5 Å². The smallest absolute Gasteiger partial charge is 0.214 e. The van der Waals surface area contributed by atoms with Crippen LogP contribution in [0, 0.1) is 5.82 Å². The van der Waals surface area contributed by atoms with E-state index in [4.69, 9.17) is 0 Å². The van der Waals surface area contributed by atoms with Crippen molar-refractivity contribution in [3.63, 3.8) is 0 Å². The van der Waals surface area contributed by atoms with Gasteiger partial charge in [-0.15, -0.1) is 0 Å². The summed E-state index contributed by atoms with van der Waals surface area (Å²) in [5.74, 6) is 1.51. The van der Waals surface area contributed by atoms with Gasteiger partial charge < -0.3 is 5.32 Å². The van der Waals surface area contributed by atoms with Crippen LogP contribution in [0.25, 0.3) is 16.9 Å². The number of H-pyrrole nitrogens is 1. The number of rotatable bonds is 4. The SMILES string of the molecule is Fc1ccccc1-c1cc2nccn2c(Nc2cc(C3CC3)[nH]n2)n1. The maximum Gasteiger partial charge on any atom is 0.214 e. The molecule has 0 saturated heterocycles. The molecule has 0 bridgehead atoms. The summed E-state index contributed by atoms with van der Waals surface area (Å²) in [5, 5.41) is 10.6. The number of aromatic nitrogens is 5. The standard InChI is InChI=1S/C18H15FN6/c19-13-4-2-1-3-12(13)15-10-17-20-7-8-25(17)18(21-15)22-16-9-14(23-24-16)11-5-6-11/h1-4,7-11H,5-6H2,(H2,21,22,23,24). The van der Waals surface area contributed by atoms with E-state index in [9.17, 15) is 4.39 Å². The lowest BCUT2D eigenvalue weighted by Crippen LogP contribution is -2.03.